The quantitative estimate of drug-likeness (QED) is 0.834. The number of methoxy groups -OCH3 is 2. The summed E-state index contributed by atoms with van der Waals surface area (Å²) >= 11 is 3.39. The second-order valence-electron chi connectivity index (χ2n) is 3.57. The van der Waals surface area contributed by atoms with Gasteiger partial charge < -0.3 is 9.47 Å². The topological polar surface area (TPSA) is 42.2 Å². The molecule has 0 spiro atoms. The molecule has 3 nitrogen and oxygen atoms in total. The Morgan fingerprint density at radius 2 is 1.94 bits per heavy atom. The van der Waals surface area contributed by atoms with Crippen molar-refractivity contribution in [3.63, 3.8) is 0 Å². The number of benzene rings is 1. The maximum Gasteiger partial charge on any atom is 0.129 e. The van der Waals surface area contributed by atoms with Crippen LogP contribution in [0.25, 0.3) is 0 Å². The van der Waals surface area contributed by atoms with Crippen molar-refractivity contribution in [3.8, 4) is 6.07 Å². The van der Waals surface area contributed by atoms with Crippen molar-refractivity contribution in [2.24, 2.45) is 0 Å². The molecule has 1 rings (SSSR count). The summed E-state index contributed by atoms with van der Waals surface area (Å²) in [7, 11) is 3.17. The fourth-order valence-corrected chi connectivity index (χ4v) is 2.02. The molecule has 16 heavy (non-hydrogen) atoms. The molecule has 0 radical (unpaired) electrons. The Labute approximate surface area is 104 Å². The summed E-state index contributed by atoms with van der Waals surface area (Å²) in [5.41, 5.74) is 0.154. The van der Waals surface area contributed by atoms with Crippen LogP contribution in [0.3, 0.4) is 0 Å². The molecule has 0 bridgehead atoms. The first-order chi connectivity index (χ1) is 7.68. The second kappa shape index (κ2) is 6.00. The molecule has 86 valence electrons. The van der Waals surface area contributed by atoms with E-state index in [4.69, 9.17) is 9.47 Å². The third-order valence-corrected chi connectivity index (χ3v) is 2.87. The average molecular weight is 284 g/mol. The Balaban J connectivity index is 3.14. The molecule has 1 aromatic rings. The normalized spacial score (nSPS) is 11.1. The highest BCUT2D eigenvalue weighted by molar-refractivity contribution is 9.10. The van der Waals surface area contributed by atoms with E-state index in [2.05, 4.69) is 22.0 Å². The molecule has 0 saturated heterocycles. The summed E-state index contributed by atoms with van der Waals surface area (Å²) in [6.07, 6.45) is 0. The van der Waals surface area contributed by atoms with Crippen molar-refractivity contribution in [3.05, 3.63) is 34.3 Å². The zero-order valence-corrected chi connectivity index (χ0v) is 11.0. The standard InChI is InChI=1S/C12H14BrNO2/c1-15-8-12(7-14,9-16-2)10-4-3-5-11(13)6-10/h3-6H,8-9H2,1-2H3. The van der Waals surface area contributed by atoms with Gasteiger partial charge in [0, 0.05) is 18.7 Å². The summed E-state index contributed by atoms with van der Waals surface area (Å²) in [6, 6.07) is 9.94. The number of hydrogen-bond donors (Lipinski definition) is 0. The molecule has 0 saturated carbocycles. The number of hydrogen-bond acceptors (Lipinski definition) is 3. The first-order valence-corrected chi connectivity index (χ1v) is 5.63. The highest BCUT2D eigenvalue weighted by Crippen LogP contribution is 2.26. The smallest absolute Gasteiger partial charge is 0.129 e. The van der Waals surface area contributed by atoms with Gasteiger partial charge in [0.1, 0.15) is 5.41 Å². The van der Waals surface area contributed by atoms with Gasteiger partial charge >= 0.3 is 0 Å². The molecule has 1 aromatic carbocycles. The molecule has 0 aromatic heterocycles. The van der Waals surface area contributed by atoms with Crippen molar-refractivity contribution in [1.29, 1.82) is 5.26 Å². The van der Waals surface area contributed by atoms with Crippen molar-refractivity contribution < 1.29 is 9.47 Å². The molecule has 0 heterocycles. The van der Waals surface area contributed by atoms with Gasteiger partial charge in [-0.2, -0.15) is 5.26 Å². The minimum absolute atomic E-state index is 0.313. The lowest BCUT2D eigenvalue weighted by Gasteiger charge is -2.25. The number of ether oxygens (including phenoxy) is 2. The lowest BCUT2D eigenvalue weighted by molar-refractivity contribution is 0.0865. The Morgan fingerprint density at radius 1 is 1.31 bits per heavy atom. The van der Waals surface area contributed by atoms with E-state index in [0.717, 1.165) is 10.0 Å². The molecule has 0 unspecified atom stereocenters. The first kappa shape index (κ1) is 13.2. The third kappa shape index (κ3) is 2.82. The summed E-state index contributed by atoms with van der Waals surface area (Å²) in [5, 5.41) is 9.36. The van der Waals surface area contributed by atoms with Crippen LogP contribution in [0.15, 0.2) is 28.7 Å². The number of nitriles is 1. The van der Waals surface area contributed by atoms with Gasteiger partial charge in [0.25, 0.3) is 0 Å². The maximum atomic E-state index is 9.36. The fourth-order valence-electron chi connectivity index (χ4n) is 1.62. The zero-order chi connectivity index (χ0) is 12.0. The zero-order valence-electron chi connectivity index (χ0n) is 9.37. The number of nitrogens with zero attached hydrogens (tertiary/aromatic N) is 1. The van der Waals surface area contributed by atoms with E-state index in [-0.39, 0.29) is 0 Å². The van der Waals surface area contributed by atoms with Crippen molar-refractivity contribution in [1.82, 2.24) is 0 Å². The van der Waals surface area contributed by atoms with Crippen LogP contribution < -0.4 is 0 Å². The molecular weight excluding hydrogens is 270 g/mol. The van der Waals surface area contributed by atoms with E-state index in [0.29, 0.717) is 13.2 Å². The van der Waals surface area contributed by atoms with Crippen molar-refractivity contribution in [2.45, 2.75) is 5.41 Å². The predicted octanol–water partition coefficient (Wildman–Crippen LogP) is 2.50. The van der Waals surface area contributed by atoms with Crippen molar-refractivity contribution >= 4 is 15.9 Å². The largest absolute Gasteiger partial charge is 0.383 e. The Hall–Kier alpha value is -0.890. The fraction of sp³-hybridized carbons (Fsp3) is 0.417. The molecule has 0 fully saturated rings. The van der Waals surface area contributed by atoms with E-state index in [9.17, 15) is 5.26 Å². The van der Waals surface area contributed by atoms with Gasteiger partial charge in [0.2, 0.25) is 0 Å². The van der Waals surface area contributed by atoms with Crippen LogP contribution in [0, 0.1) is 11.3 Å². The molecule has 4 heteroatoms. The van der Waals surface area contributed by atoms with Crippen LogP contribution in [-0.4, -0.2) is 27.4 Å². The van der Waals surface area contributed by atoms with E-state index >= 15 is 0 Å². The summed E-state index contributed by atoms with van der Waals surface area (Å²) in [5.74, 6) is 0. The first-order valence-electron chi connectivity index (χ1n) is 4.83. The molecule has 0 aliphatic rings. The average Bonchev–Trinajstić information content (AvgIpc) is 2.28. The van der Waals surface area contributed by atoms with Crippen LogP contribution >= 0.6 is 15.9 Å². The minimum Gasteiger partial charge on any atom is -0.383 e. The van der Waals surface area contributed by atoms with Gasteiger partial charge in [0.05, 0.1) is 19.3 Å². The van der Waals surface area contributed by atoms with Crippen LogP contribution in [0.1, 0.15) is 5.56 Å². The molecular formula is C12H14BrNO2. The maximum absolute atomic E-state index is 9.36. The molecule has 0 atom stereocenters. The van der Waals surface area contributed by atoms with Gasteiger partial charge in [-0.15, -0.1) is 0 Å². The van der Waals surface area contributed by atoms with Crippen LogP contribution in [0.2, 0.25) is 0 Å². The third-order valence-electron chi connectivity index (χ3n) is 2.37. The minimum atomic E-state index is -0.743. The molecule has 0 aliphatic heterocycles. The van der Waals surface area contributed by atoms with Gasteiger partial charge in [-0.05, 0) is 17.7 Å². The predicted molar refractivity (Wildman–Crippen MR) is 65.2 cm³/mol. The SMILES string of the molecule is COCC(C#N)(COC)c1cccc(Br)c1. The highest BCUT2D eigenvalue weighted by Gasteiger charge is 2.32. The Morgan fingerprint density at radius 3 is 2.38 bits per heavy atom. The van der Waals surface area contributed by atoms with E-state index in [1.807, 2.05) is 24.3 Å². The van der Waals surface area contributed by atoms with Crippen molar-refractivity contribution in [2.75, 3.05) is 27.4 Å². The van der Waals surface area contributed by atoms with Gasteiger partial charge in [-0.1, -0.05) is 28.1 Å². The monoisotopic (exact) mass is 283 g/mol. The Kier molecular flexibility index (Phi) is 4.94. The van der Waals surface area contributed by atoms with Crippen LogP contribution in [-0.2, 0) is 14.9 Å². The number of halogens is 1. The lowest BCUT2D eigenvalue weighted by Crippen LogP contribution is -2.34. The summed E-state index contributed by atoms with van der Waals surface area (Å²) in [6.45, 7) is 0.627. The summed E-state index contributed by atoms with van der Waals surface area (Å²) < 4.78 is 11.2. The highest BCUT2D eigenvalue weighted by atomic mass is 79.9. The molecule has 0 aliphatic carbocycles. The van der Waals surface area contributed by atoms with E-state index in [1.165, 1.54) is 0 Å². The van der Waals surface area contributed by atoms with E-state index in [1.54, 1.807) is 14.2 Å². The summed E-state index contributed by atoms with van der Waals surface area (Å²) in [4.78, 5) is 0. The van der Waals surface area contributed by atoms with E-state index < -0.39 is 5.41 Å². The lowest BCUT2D eigenvalue weighted by atomic mass is 9.83. The second-order valence-corrected chi connectivity index (χ2v) is 4.49. The number of rotatable bonds is 5. The van der Waals surface area contributed by atoms with Gasteiger partial charge in [0.15, 0.2) is 0 Å². The Bertz CT molecular complexity index is 381. The molecule has 0 N–H and O–H groups in total. The van der Waals surface area contributed by atoms with Gasteiger partial charge in [-0.3, -0.25) is 0 Å². The van der Waals surface area contributed by atoms with Crippen LogP contribution in [0.4, 0.5) is 0 Å². The van der Waals surface area contributed by atoms with Gasteiger partial charge in [-0.25, -0.2) is 0 Å². The van der Waals surface area contributed by atoms with Crippen LogP contribution in [0.5, 0.6) is 0 Å². The molecule has 0 amide bonds.